The second kappa shape index (κ2) is 5.54. The van der Waals surface area contributed by atoms with Gasteiger partial charge in [0.25, 0.3) is 0 Å². The first-order valence-corrected chi connectivity index (χ1v) is 6.73. The van der Waals surface area contributed by atoms with Crippen LogP contribution in [0.25, 0.3) is 0 Å². The van der Waals surface area contributed by atoms with E-state index in [4.69, 9.17) is 5.73 Å². The fraction of sp³-hybridized carbons (Fsp3) is 0.364. The number of carbonyl (C=O) groups is 1. The Hall–Kier alpha value is -1.67. The molecule has 0 amide bonds. The summed E-state index contributed by atoms with van der Waals surface area (Å²) in [6.45, 7) is 1.05. The van der Waals surface area contributed by atoms with Gasteiger partial charge in [-0.1, -0.05) is 0 Å². The first kappa shape index (κ1) is 15.4. The summed E-state index contributed by atoms with van der Waals surface area (Å²) in [5.74, 6) is -1.66. The van der Waals surface area contributed by atoms with Gasteiger partial charge in [0.15, 0.2) is 0 Å². The maximum atomic E-state index is 13.7. The average Bonchev–Trinajstić information content (AvgIpc) is 2.33. The first-order chi connectivity index (χ1) is 8.70. The van der Waals surface area contributed by atoms with Crippen molar-refractivity contribution < 1.29 is 22.3 Å². The highest BCUT2D eigenvalue weighted by Gasteiger charge is 2.27. The highest BCUT2D eigenvalue weighted by atomic mass is 32.2. The van der Waals surface area contributed by atoms with Gasteiger partial charge in [0.05, 0.1) is 7.11 Å². The number of hydrogen-bond acceptors (Lipinski definition) is 5. The maximum Gasteiger partial charge on any atom is 0.321 e. The zero-order chi connectivity index (χ0) is 14.8. The van der Waals surface area contributed by atoms with Crippen molar-refractivity contribution in [3.63, 3.8) is 0 Å². The Labute approximate surface area is 111 Å². The molecule has 0 spiro atoms. The Kier molecular flexibility index (Phi) is 4.48. The third-order valence-corrected chi connectivity index (χ3v) is 4.41. The summed E-state index contributed by atoms with van der Waals surface area (Å²) in [6.07, 6.45) is 0. The van der Waals surface area contributed by atoms with Gasteiger partial charge in [-0.05, 0) is 24.6 Å². The summed E-state index contributed by atoms with van der Waals surface area (Å²) in [5, 5.41) is 0. The number of nitrogens with two attached hydrogens (primary N) is 1. The van der Waals surface area contributed by atoms with E-state index in [9.17, 15) is 17.6 Å². The number of carbonyl (C=O) groups excluding carboxylic acids is 1. The van der Waals surface area contributed by atoms with Gasteiger partial charge in [-0.15, -0.1) is 0 Å². The molecule has 0 heterocycles. The van der Waals surface area contributed by atoms with Crippen LogP contribution in [0.1, 0.15) is 5.56 Å². The Morgan fingerprint density at radius 1 is 1.47 bits per heavy atom. The molecular formula is C11H15FN2O4S. The molecule has 0 radical (unpaired) electrons. The number of ether oxygens (including phenoxy) is 1. The normalized spacial score (nSPS) is 11.6. The van der Waals surface area contributed by atoms with Crippen molar-refractivity contribution in [2.45, 2.75) is 11.8 Å². The van der Waals surface area contributed by atoms with Crippen LogP contribution >= 0.6 is 0 Å². The Morgan fingerprint density at radius 2 is 2.05 bits per heavy atom. The van der Waals surface area contributed by atoms with Crippen LogP contribution in [0.5, 0.6) is 0 Å². The number of esters is 1. The van der Waals surface area contributed by atoms with Crippen molar-refractivity contribution in [3.05, 3.63) is 23.5 Å². The molecule has 0 bridgehead atoms. The minimum absolute atomic E-state index is 0.159. The standard InChI is InChI=1S/C11H15FN2O4S/c1-7-4-8(12)10(5-9(7)13)19(16,17)14(2)6-11(15)18-3/h4-5H,6,13H2,1-3H3. The van der Waals surface area contributed by atoms with Gasteiger partial charge >= 0.3 is 5.97 Å². The van der Waals surface area contributed by atoms with Crippen molar-refractivity contribution in [2.24, 2.45) is 0 Å². The van der Waals surface area contributed by atoms with Crippen LogP contribution < -0.4 is 5.73 Å². The Bertz CT molecular complexity index is 601. The van der Waals surface area contributed by atoms with Gasteiger partial charge in [-0.2, -0.15) is 4.31 Å². The van der Waals surface area contributed by atoms with E-state index in [2.05, 4.69) is 4.74 Å². The van der Waals surface area contributed by atoms with Crippen LogP contribution in [0.15, 0.2) is 17.0 Å². The molecule has 1 rings (SSSR count). The van der Waals surface area contributed by atoms with Crippen LogP contribution in [0, 0.1) is 12.7 Å². The van der Waals surface area contributed by atoms with Gasteiger partial charge in [0.2, 0.25) is 10.0 Å². The summed E-state index contributed by atoms with van der Waals surface area (Å²) in [4.78, 5) is 10.5. The molecule has 0 aliphatic carbocycles. The lowest BCUT2D eigenvalue weighted by molar-refractivity contribution is -0.140. The van der Waals surface area contributed by atoms with E-state index < -0.39 is 33.3 Å². The van der Waals surface area contributed by atoms with Gasteiger partial charge in [-0.25, -0.2) is 12.8 Å². The molecule has 0 saturated carbocycles. The smallest absolute Gasteiger partial charge is 0.321 e. The number of methoxy groups -OCH3 is 1. The van der Waals surface area contributed by atoms with E-state index in [0.29, 0.717) is 9.87 Å². The molecule has 0 aromatic heterocycles. The predicted octanol–water partition coefficient (Wildman–Crippen LogP) is 0.510. The second-order valence-electron chi connectivity index (χ2n) is 3.98. The van der Waals surface area contributed by atoms with E-state index in [-0.39, 0.29) is 5.69 Å². The molecule has 19 heavy (non-hydrogen) atoms. The average molecular weight is 290 g/mol. The third-order valence-electron chi connectivity index (χ3n) is 2.59. The minimum atomic E-state index is -4.14. The predicted molar refractivity (Wildman–Crippen MR) is 67.4 cm³/mol. The third kappa shape index (κ3) is 3.21. The lowest BCUT2D eigenvalue weighted by Crippen LogP contribution is -2.33. The fourth-order valence-corrected chi connectivity index (χ4v) is 2.56. The molecule has 2 N–H and O–H groups in total. The van der Waals surface area contributed by atoms with E-state index >= 15 is 0 Å². The number of likely N-dealkylation sites (N-methyl/N-ethyl adjacent to an activating group) is 1. The molecule has 1 aromatic rings. The summed E-state index contributed by atoms with van der Waals surface area (Å²) in [7, 11) is -1.85. The number of halogens is 1. The number of nitrogens with zero attached hydrogens (tertiary/aromatic N) is 1. The number of sulfonamides is 1. The highest BCUT2D eigenvalue weighted by molar-refractivity contribution is 7.89. The SMILES string of the molecule is COC(=O)CN(C)S(=O)(=O)c1cc(N)c(C)cc1F. The van der Waals surface area contributed by atoms with Crippen LogP contribution in [0.4, 0.5) is 10.1 Å². The van der Waals surface area contributed by atoms with Gasteiger partial charge in [-0.3, -0.25) is 4.79 Å². The lowest BCUT2D eigenvalue weighted by Gasteiger charge is -2.17. The number of benzene rings is 1. The summed E-state index contributed by atoms with van der Waals surface area (Å²) in [5.41, 5.74) is 6.17. The number of hydrogen-bond donors (Lipinski definition) is 1. The van der Waals surface area contributed by atoms with Crippen LogP contribution in [-0.4, -0.2) is 39.4 Å². The summed E-state index contributed by atoms with van der Waals surface area (Å²) < 4.78 is 43.0. The van der Waals surface area contributed by atoms with Crippen LogP contribution in [0.3, 0.4) is 0 Å². The quantitative estimate of drug-likeness (QED) is 0.644. The zero-order valence-corrected chi connectivity index (χ0v) is 11.6. The van der Waals surface area contributed by atoms with Crippen molar-refractivity contribution in [3.8, 4) is 0 Å². The largest absolute Gasteiger partial charge is 0.468 e. The Balaban J connectivity index is 3.20. The van der Waals surface area contributed by atoms with Crippen molar-refractivity contribution in [2.75, 3.05) is 26.4 Å². The van der Waals surface area contributed by atoms with E-state index in [1.807, 2.05) is 0 Å². The van der Waals surface area contributed by atoms with Crippen molar-refractivity contribution in [1.82, 2.24) is 4.31 Å². The van der Waals surface area contributed by atoms with E-state index in [1.54, 1.807) is 6.92 Å². The number of anilines is 1. The molecule has 0 fully saturated rings. The van der Waals surface area contributed by atoms with E-state index in [1.165, 1.54) is 0 Å². The summed E-state index contributed by atoms with van der Waals surface area (Å²) >= 11 is 0. The molecule has 0 saturated heterocycles. The number of nitrogen functional groups attached to an aromatic ring is 1. The summed E-state index contributed by atoms with van der Waals surface area (Å²) in [6, 6.07) is 2.07. The number of aryl methyl sites for hydroxylation is 1. The van der Waals surface area contributed by atoms with Crippen molar-refractivity contribution in [1.29, 1.82) is 0 Å². The molecule has 0 atom stereocenters. The van der Waals surface area contributed by atoms with Gasteiger partial charge in [0.1, 0.15) is 17.3 Å². The molecular weight excluding hydrogens is 275 g/mol. The lowest BCUT2D eigenvalue weighted by atomic mass is 10.2. The minimum Gasteiger partial charge on any atom is -0.468 e. The van der Waals surface area contributed by atoms with Crippen molar-refractivity contribution >= 4 is 21.7 Å². The molecule has 106 valence electrons. The molecule has 0 aliphatic rings. The number of rotatable bonds is 4. The molecule has 8 heteroatoms. The highest BCUT2D eigenvalue weighted by Crippen LogP contribution is 2.23. The van der Waals surface area contributed by atoms with E-state index in [0.717, 1.165) is 26.3 Å². The molecule has 0 unspecified atom stereocenters. The zero-order valence-electron chi connectivity index (χ0n) is 10.8. The first-order valence-electron chi connectivity index (χ1n) is 5.29. The second-order valence-corrected chi connectivity index (χ2v) is 5.99. The van der Waals surface area contributed by atoms with Crippen LogP contribution in [-0.2, 0) is 19.6 Å². The maximum absolute atomic E-state index is 13.7. The Morgan fingerprint density at radius 3 is 2.58 bits per heavy atom. The monoisotopic (exact) mass is 290 g/mol. The van der Waals surface area contributed by atoms with Crippen LogP contribution in [0.2, 0.25) is 0 Å². The van der Waals surface area contributed by atoms with Gasteiger partial charge in [0, 0.05) is 12.7 Å². The molecule has 1 aromatic carbocycles. The van der Waals surface area contributed by atoms with Gasteiger partial charge < -0.3 is 10.5 Å². The fourth-order valence-electron chi connectivity index (χ4n) is 1.37. The molecule has 6 nitrogen and oxygen atoms in total. The molecule has 0 aliphatic heterocycles. The topological polar surface area (TPSA) is 89.7 Å².